The second kappa shape index (κ2) is 7.37. The fourth-order valence-corrected chi connectivity index (χ4v) is 4.90. The number of nitrogens with one attached hydrogen (secondary N) is 1. The molecule has 2 aliphatic rings. The van der Waals surface area contributed by atoms with Crippen LogP contribution in [0.5, 0.6) is 0 Å². The molecular weight excluding hydrogens is 350 g/mol. The molecule has 1 amide bonds. The molecule has 2 fully saturated rings. The maximum atomic E-state index is 12.8. The molecular formula is C16H24ClN3O3S. The van der Waals surface area contributed by atoms with E-state index in [4.69, 9.17) is 0 Å². The molecule has 1 aromatic rings. The smallest absolute Gasteiger partial charge is 0.223 e. The zero-order valence-corrected chi connectivity index (χ0v) is 15.4. The SMILES string of the molecule is CS(=O)(=O)CC1(CC(=O)N2CCNCC2c2cccnc2)CC1.Cl. The normalized spacial score (nSPS) is 22.5. The molecule has 1 unspecified atom stereocenters. The lowest BCUT2D eigenvalue weighted by molar-refractivity contribution is -0.135. The molecule has 3 rings (SSSR count). The number of rotatable bonds is 5. The van der Waals surface area contributed by atoms with E-state index in [1.54, 1.807) is 12.4 Å². The number of hydrogen-bond donors (Lipinski definition) is 1. The molecule has 0 radical (unpaired) electrons. The number of carbonyl (C=O) groups is 1. The highest BCUT2D eigenvalue weighted by Crippen LogP contribution is 2.50. The zero-order valence-electron chi connectivity index (χ0n) is 13.8. The largest absolute Gasteiger partial charge is 0.333 e. The van der Waals surface area contributed by atoms with Gasteiger partial charge in [-0.05, 0) is 29.9 Å². The summed E-state index contributed by atoms with van der Waals surface area (Å²) < 4.78 is 23.2. The summed E-state index contributed by atoms with van der Waals surface area (Å²) in [6, 6.07) is 3.83. The van der Waals surface area contributed by atoms with E-state index in [0.29, 0.717) is 19.5 Å². The van der Waals surface area contributed by atoms with Crippen molar-refractivity contribution in [2.45, 2.75) is 25.3 Å². The van der Waals surface area contributed by atoms with Gasteiger partial charge < -0.3 is 10.2 Å². The van der Waals surface area contributed by atoms with Gasteiger partial charge in [0, 0.05) is 44.7 Å². The molecule has 1 atom stereocenters. The van der Waals surface area contributed by atoms with Crippen LogP contribution in [0.3, 0.4) is 0 Å². The van der Waals surface area contributed by atoms with E-state index < -0.39 is 9.84 Å². The number of piperazine rings is 1. The van der Waals surface area contributed by atoms with Crippen LogP contribution in [0.25, 0.3) is 0 Å². The first-order valence-corrected chi connectivity index (χ1v) is 10.0. The van der Waals surface area contributed by atoms with Gasteiger partial charge in [-0.1, -0.05) is 6.07 Å². The van der Waals surface area contributed by atoms with Gasteiger partial charge in [-0.3, -0.25) is 9.78 Å². The Morgan fingerprint density at radius 2 is 2.21 bits per heavy atom. The minimum Gasteiger partial charge on any atom is -0.333 e. The van der Waals surface area contributed by atoms with Crippen LogP contribution >= 0.6 is 12.4 Å². The van der Waals surface area contributed by atoms with Gasteiger partial charge >= 0.3 is 0 Å². The molecule has 1 saturated heterocycles. The third-order valence-electron chi connectivity index (χ3n) is 4.68. The molecule has 134 valence electrons. The lowest BCUT2D eigenvalue weighted by atomic mass is 10.0. The Balaban J connectivity index is 0.00000208. The molecule has 6 nitrogen and oxygen atoms in total. The molecule has 8 heteroatoms. The standard InChI is InChI=1S/C16H23N3O3S.ClH/c1-23(21,22)12-16(4-5-16)9-15(20)19-8-7-18-11-14(19)13-3-2-6-17-10-13;/h2-3,6,10,14,18H,4-5,7-9,11-12H2,1H3;1H. The molecule has 1 aliphatic heterocycles. The Hall–Kier alpha value is -1.18. The van der Waals surface area contributed by atoms with Gasteiger partial charge in [0.25, 0.3) is 0 Å². The fraction of sp³-hybridized carbons (Fsp3) is 0.625. The van der Waals surface area contributed by atoms with Crippen LogP contribution in [-0.4, -0.2) is 55.9 Å². The summed E-state index contributed by atoms with van der Waals surface area (Å²) in [7, 11) is -3.05. The van der Waals surface area contributed by atoms with Crippen LogP contribution in [0.1, 0.15) is 30.9 Å². The lowest BCUT2D eigenvalue weighted by Crippen LogP contribution is -2.49. The second-order valence-electron chi connectivity index (χ2n) is 6.84. The number of sulfone groups is 1. The second-order valence-corrected chi connectivity index (χ2v) is 8.98. The van der Waals surface area contributed by atoms with Crippen molar-refractivity contribution in [3.63, 3.8) is 0 Å². The Morgan fingerprint density at radius 1 is 1.46 bits per heavy atom. The van der Waals surface area contributed by atoms with Crippen molar-refractivity contribution in [2.24, 2.45) is 5.41 Å². The molecule has 1 aliphatic carbocycles. The van der Waals surface area contributed by atoms with Crippen molar-refractivity contribution in [3.8, 4) is 0 Å². The van der Waals surface area contributed by atoms with Gasteiger partial charge in [0.05, 0.1) is 11.8 Å². The molecule has 0 spiro atoms. The van der Waals surface area contributed by atoms with E-state index in [1.807, 2.05) is 17.0 Å². The average Bonchev–Trinajstić information content (AvgIpc) is 3.25. The Labute approximate surface area is 149 Å². The Bertz CT molecular complexity index is 677. The predicted molar refractivity (Wildman–Crippen MR) is 94.8 cm³/mol. The van der Waals surface area contributed by atoms with Crippen LogP contribution in [0.2, 0.25) is 0 Å². The molecule has 0 bridgehead atoms. The highest BCUT2D eigenvalue weighted by molar-refractivity contribution is 7.90. The summed E-state index contributed by atoms with van der Waals surface area (Å²) in [4.78, 5) is 18.8. The summed E-state index contributed by atoms with van der Waals surface area (Å²) in [5, 5.41) is 3.32. The predicted octanol–water partition coefficient (Wildman–Crippen LogP) is 1.19. The molecule has 1 N–H and O–H groups in total. The van der Waals surface area contributed by atoms with Gasteiger partial charge in [-0.25, -0.2) is 8.42 Å². The third-order valence-corrected chi connectivity index (χ3v) is 5.82. The zero-order chi connectivity index (χ0) is 16.5. The van der Waals surface area contributed by atoms with Crippen LogP contribution < -0.4 is 5.32 Å². The van der Waals surface area contributed by atoms with Gasteiger partial charge in [-0.15, -0.1) is 12.4 Å². The van der Waals surface area contributed by atoms with Gasteiger partial charge in [0.15, 0.2) is 0 Å². The molecule has 1 saturated carbocycles. The number of pyridine rings is 1. The third kappa shape index (κ3) is 4.68. The molecule has 0 aromatic carbocycles. The first-order valence-electron chi connectivity index (χ1n) is 7.96. The van der Waals surface area contributed by atoms with Crippen molar-refractivity contribution in [2.75, 3.05) is 31.6 Å². The minimum absolute atomic E-state index is 0. The maximum Gasteiger partial charge on any atom is 0.223 e. The van der Waals surface area contributed by atoms with Crippen LogP contribution in [0.4, 0.5) is 0 Å². The summed E-state index contributed by atoms with van der Waals surface area (Å²) in [6.07, 6.45) is 6.75. The first-order chi connectivity index (χ1) is 10.9. The lowest BCUT2D eigenvalue weighted by Gasteiger charge is -2.37. The number of hydrogen-bond acceptors (Lipinski definition) is 5. The highest BCUT2D eigenvalue weighted by atomic mass is 35.5. The van der Waals surface area contributed by atoms with Crippen molar-refractivity contribution in [1.29, 1.82) is 0 Å². The monoisotopic (exact) mass is 373 g/mol. The Morgan fingerprint density at radius 3 is 2.79 bits per heavy atom. The number of amides is 1. The van der Waals surface area contributed by atoms with E-state index in [2.05, 4.69) is 10.3 Å². The van der Waals surface area contributed by atoms with Crippen LogP contribution in [-0.2, 0) is 14.6 Å². The van der Waals surface area contributed by atoms with Crippen molar-refractivity contribution in [3.05, 3.63) is 30.1 Å². The fourth-order valence-electron chi connectivity index (χ4n) is 3.40. The summed E-state index contributed by atoms with van der Waals surface area (Å²) in [6.45, 7) is 2.12. The maximum absolute atomic E-state index is 12.8. The van der Waals surface area contributed by atoms with Gasteiger partial charge in [-0.2, -0.15) is 0 Å². The van der Waals surface area contributed by atoms with Crippen molar-refractivity contribution < 1.29 is 13.2 Å². The quantitative estimate of drug-likeness (QED) is 0.838. The van der Waals surface area contributed by atoms with Gasteiger partial charge in [0.2, 0.25) is 5.91 Å². The first kappa shape index (κ1) is 19.1. The topological polar surface area (TPSA) is 79.4 Å². The minimum atomic E-state index is -3.05. The number of halogens is 1. The van der Waals surface area contributed by atoms with E-state index in [-0.39, 0.29) is 35.5 Å². The molecule has 1 aromatic heterocycles. The number of carbonyl (C=O) groups excluding carboxylic acids is 1. The number of aromatic nitrogens is 1. The summed E-state index contributed by atoms with van der Waals surface area (Å²) in [5.41, 5.74) is 0.690. The van der Waals surface area contributed by atoms with Crippen LogP contribution in [0, 0.1) is 5.41 Å². The van der Waals surface area contributed by atoms with Gasteiger partial charge in [0.1, 0.15) is 9.84 Å². The van der Waals surface area contributed by atoms with Crippen LogP contribution in [0.15, 0.2) is 24.5 Å². The van der Waals surface area contributed by atoms with Crippen molar-refractivity contribution in [1.82, 2.24) is 15.2 Å². The molecule has 2 heterocycles. The number of nitrogens with zero attached hydrogens (tertiary/aromatic N) is 2. The van der Waals surface area contributed by atoms with Crippen molar-refractivity contribution >= 4 is 28.2 Å². The van der Waals surface area contributed by atoms with E-state index in [0.717, 1.165) is 24.9 Å². The Kier molecular flexibility index (Phi) is 5.88. The van der Waals surface area contributed by atoms with E-state index >= 15 is 0 Å². The van der Waals surface area contributed by atoms with E-state index in [9.17, 15) is 13.2 Å². The highest BCUT2D eigenvalue weighted by Gasteiger charge is 2.48. The molecule has 24 heavy (non-hydrogen) atoms. The van der Waals surface area contributed by atoms with E-state index in [1.165, 1.54) is 6.26 Å². The summed E-state index contributed by atoms with van der Waals surface area (Å²) >= 11 is 0. The summed E-state index contributed by atoms with van der Waals surface area (Å²) in [5.74, 6) is 0.177. The average molecular weight is 374 g/mol.